The number of aryl methyl sites for hydroxylation is 2. The molecule has 9 heteroatoms. The van der Waals surface area contributed by atoms with Crippen LogP contribution in [0.3, 0.4) is 0 Å². The van der Waals surface area contributed by atoms with Crippen molar-refractivity contribution >= 4 is 17.2 Å². The minimum absolute atomic E-state index is 0.104. The lowest BCUT2D eigenvalue weighted by Gasteiger charge is -2.09. The molecule has 3 aromatic heterocycles. The fourth-order valence-electron chi connectivity index (χ4n) is 2.17. The summed E-state index contributed by atoms with van der Waals surface area (Å²) in [6.45, 7) is 3.52. The van der Waals surface area contributed by atoms with E-state index in [1.807, 2.05) is 17.5 Å². The van der Waals surface area contributed by atoms with Crippen LogP contribution >= 0.6 is 11.3 Å². The Morgan fingerprint density at radius 2 is 2.21 bits per heavy atom. The predicted molar refractivity (Wildman–Crippen MR) is 87.4 cm³/mol. The van der Waals surface area contributed by atoms with E-state index in [2.05, 4.69) is 20.4 Å². The molecule has 0 aliphatic carbocycles. The SMILES string of the molecule is Cc1cc(C)n(CC(=O)NCc2noc(-c3cccs3)n2)c(=O)n1. The molecule has 0 atom stereocenters. The maximum atomic E-state index is 12.0. The molecule has 124 valence electrons. The Morgan fingerprint density at radius 1 is 1.38 bits per heavy atom. The van der Waals surface area contributed by atoms with Gasteiger partial charge in [0.25, 0.3) is 5.89 Å². The van der Waals surface area contributed by atoms with Crippen LogP contribution in [0.25, 0.3) is 10.8 Å². The smallest absolute Gasteiger partial charge is 0.347 e. The summed E-state index contributed by atoms with van der Waals surface area (Å²) >= 11 is 1.49. The Kier molecular flexibility index (Phi) is 4.52. The number of hydrogen-bond donors (Lipinski definition) is 1. The fraction of sp³-hybridized carbons (Fsp3) is 0.267. The first kappa shape index (κ1) is 16.1. The van der Waals surface area contributed by atoms with Gasteiger partial charge in [-0.2, -0.15) is 9.97 Å². The van der Waals surface area contributed by atoms with Crippen molar-refractivity contribution in [2.45, 2.75) is 26.9 Å². The van der Waals surface area contributed by atoms with Crippen molar-refractivity contribution < 1.29 is 9.32 Å². The summed E-state index contributed by atoms with van der Waals surface area (Å²) in [5, 5.41) is 8.40. The van der Waals surface area contributed by atoms with Crippen LogP contribution in [0.2, 0.25) is 0 Å². The number of nitrogens with one attached hydrogen (secondary N) is 1. The second kappa shape index (κ2) is 6.75. The largest absolute Gasteiger partial charge is 0.348 e. The summed E-state index contributed by atoms with van der Waals surface area (Å²) in [6.07, 6.45) is 0. The van der Waals surface area contributed by atoms with E-state index in [4.69, 9.17) is 4.52 Å². The fourth-order valence-corrected chi connectivity index (χ4v) is 2.81. The number of carbonyl (C=O) groups excluding carboxylic acids is 1. The number of hydrogen-bond acceptors (Lipinski definition) is 7. The average Bonchev–Trinajstić information content (AvgIpc) is 3.19. The Hall–Kier alpha value is -2.81. The lowest BCUT2D eigenvalue weighted by atomic mass is 10.3. The van der Waals surface area contributed by atoms with Gasteiger partial charge in [0.2, 0.25) is 5.91 Å². The molecule has 3 rings (SSSR count). The molecule has 3 heterocycles. The van der Waals surface area contributed by atoms with E-state index in [1.165, 1.54) is 15.9 Å². The lowest BCUT2D eigenvalue weighted by molar-refractivity contribution is -0.122. The normalized spacial score (nSPS) is 10.8. The molecule has 24 heavy (non-hydrogen) atoms. The standard InChI is InChI=1S/C15H15N5O3S/c1-9-6-10(2)20(15(22)17-9)8-13(21)16-7-12-18-14(23-19-12)11-4-3-5-24-11/h3-6H,7-8H2,1-2H3,(H,16,21). The Labute approximate surface area is 141 Å². The van der Waals surface area contributed by atoms with Crippen LogP contribution in [-0.2, 0) is 17.9 Å². The number of amides is 1. The van der Waals surface area contributed by atoms with Crippen molar-refractivity contribution in [1.82, 2.24) is 25.0 Å². The number of nitrogens with zero attached hydrogens (tertiary/aromatic N) is 4. The highest BCUT2D eigenvalue weighted by atomic mass is 32.1. The summed E-state index contributed by atoms with van der Waals surface area (Å²) in [6, 6.07) is 5.52. The summed E-state index contributed by atoms with van der Waals surface area (Å²) in [7, 11) is 0. The summed E-state index contributed by atoms with van der Waals surface area (Å²) in [5.74, 6) is 0.468. The number of thiophene rings is 1. The lowest BCUT2D eigenvalue weighted by Crippen LogP contribution is -2.34. The Bertz CT molecular complexity index is 914. The minimum Gasteiger partial charge on any atom is -0.347 e. The van der Waals surface area contributed by atoms with Gasteiger partial charge in [0, 0.05) is 11.4 Å². The van der Waals surface area contributed by atoms with Crippen molar-refractivity contribution in [3.05, 3.63) is 51.3 Å². The van der Waals surface area contributed by atoms with Crippen LogP contribution in [0, 0.1) is 13.8 Å². The first-order chi connectivity index (χ1) is 11.5. The summed E-state index contributed by atoms with van der Waals surface area (Å²) < 4.78 is 6.46. The second-order valence-electron chi connectivity index (χ2n) is 5.18. The third kappa shape index (κ3) is 3.57. The van der Waals surface area contributed by atoms with Crippen LogP contribution in [0.15, 0.2) is 32.9 Å². The van der Waals surface area contributed by atoms with Crippen LogP contribution in [0.5, 0.6) is 0 Å². The minimum atomic E-state index is -0.442. The maximum Gasteiger partial charge on any atom is 0.348 e. The van der Waals surface area contributed by atoms with Crippen molar-refractivity contribution in [2.24, 2.45) is 0 Å². The van der Waals surface area contributed by atoms with Crippen LogP contribution in [0.4, 0.5) is 0 Å². The third-order valence-corrected chi connectivity index (χ3v) is 4.15. The van der Waals surface area contributed by atoms with Gasteiger partial charge in [0.05, 0.1) is 11.4 Å². The molecule has 0 spiro atoms. The zero-order valence-electron chi connectivity index (χ0n) is 13.1. The maximum absolute atomic E-state index is 12.0. The highest BCUT2D eigenvalue weighted by molar-refractivity contribution is 7.13. The van der Waals surface area contributed by atoms with E-state index in [0.717, 1.165) is 4.88 Å². The van der Waals surface area contributed by atoms with Crippen molar-refractivity contribution in [1.29, 1.82) is 0 Å². The third-order valence-electron chi connectivity index (χ3n) is 3.29. The predicted octanol–water partition coefficient (Wildman–Crippen LogP) is 1.29. The first-order valence-corrected chi connectivity index (χ1v) is 8.09. The number of aromatic nitrogens is 4. The highest BCUT2D eigenvalue weighted by Crippen LogP contribution is 2.22. The number of carbonyl (C=O) groups is 1. The quantitative estimate of drug-likeness (QED) is 0.747. The average molecular weight is 345 g/mol. The van der Waals surface area contributed by atoms with Crippen molar-refractivity contribution in [2.75, 3.05) is 0 Å². The molecule has 0 unspecified atom stereocenters. The molecule has 0 aliphatic heterocycles. The zero-order chi connectivity index (χ0) is 17.1. The van der Waals surface area contributed by atoms with Crippen LogP contribution in [-0.4, -0.2) is 25.6 Å². The van der Waals surface area contributed by atoms with Gasteiger partial charge in [-0.15, -0.1) is 11.3 Å². The van der Waals surface area contributed by atoms with Crippen LogP contribution < -0.4 is 11.0 Å². The van der Waals surface area contributed by atoms with E-state index in [-0.39, 0.29) is 19.0 Å². The van der Waals surface area contributed by atoms with E-state index in [1.54, 1.807) is 19.9 Å². The van der Waals surface area contributed by atoms with Crippen LogP contribution in [0.1, 0.15) is 17.2 Å². The molecule has 1 amide bonds. The molecular formula is C15H15N5O3S. The summed E-state index contributed by atoms with van der Waals surface area (Å²) in [5.41, 5.74) is 0.867. The van der Waals surface area contributed by atoms with Crippen molar-refractivity contribution in [3.63, 3.8) is 0 Å². The molecule has 0 bridgehead atoms. The number of rotatable bonds is 5. The molecule has 0 saturated carbocycles. The van der Waals surface area contributed by atoms with E-state index < -0.39 is 5.69 Å². The molecule has 0 radical (unpaired) electrons. The molecule has 8 nitrogen and oxygen atoms in total. The van der Waals surface area contributed by atoms with Gasteiger partial charge in [-0.3, -0.25) is 9.36 Å². The van der Waals surface area contributed by atoms with Gasteiger partial charge < -0.3 is 9.84 Å². The van der Waals surface area contributed by atoms with Gasteiger partial charge >= 0.3 is 5.69 Å². The summed E-state index contributed by atoms with van der Waals surface area (Å²) in [4.78, 5) is 32.8. The molecule has 0 fully saturated rings. The van der Waals surface area contributed by atoms with Crippen molar-refractivity contribution in [3.8, 4) is 10.8 Å². The van der Waals surface area contributed by atoms with E-state index >= 15 is 0 Å². The monoisotopic (exact) mass is 345 g/mol. The molecule has 0 aromatic carbocycles. The van der Waals surface area contributed by atoms with Gasteiger partial charge in [0.1, 0.15) is 6.54 Å². The van der Waals surface area contributed by atoms with E-state index in [0.29, 0.717) is 23.1 Å². The van der Waals surface area contributed by atoms with E-state index in [9.17, 15) is 9.59 Å². The molecular weight excluding hydrogens is 330 g/mol. The molecule has 0 saturated heterocycles. The molecule has 1 N–H and O–H groups in total. The van der Waals surface area contributed by atoms with Gasteiger partial charge in [-0.25, -0.2) is 4.79 Å². The zero-order valence-corrected chi connectivity index (χ0v) is 14.0. The molecule has 0 aliphatic rings. The highest BCUT2D eigenvalue weighted by Gasteiger charge is 2.12. The van der Waals surface area contributed by atoms with Gasteiger partial charge in [-0.05, 0) is 31.4 Å². The van der Waals surface area contributed by atoms with Gasteiger partial charge in [-0.1, -0.05) is 11.2 Å². The Balaban J connectivity index is 1.61. The Morgan fingerprint density at radius 3 is 2.92 bits per heavy atom. The molecule has 3 aromatic rings. The topological polar surface area (TPSA) is 103 Å². The van der Waals surface area contributed by atoms with Gasteiger partial charge in [0.15, 0.2) is 5.82 Å². The second-order valence-corrected chi connectivity index (χ2v) is 6.13. The first-order valence-electron chi connectivity index (χ1n) is 7.21.